The number of piperazine rings is 1. The van der Waals surface area contributed by atoms with Gasteiger partial charge in [-0.2, -0.15) is 0 Å². The minimum Gasteiger partial charge on any atom is -0.450 e. The Balaban J connectivity index is 1.18. The first kappa shape index (κ1) is 28.2. The highest BCUT2D eigenvalue weighted by Gasteiger charge is 2.63. The van der Waals surface area contributed by atoms with Crippen molar-refractivity contribution >= 4 is 12.0 Å². The van der Waals surface area contributed by atoms with Crippen LogP contribution in [0, 0.1) is 46.3 Å². The lowest BCUT2D eigenvalue weighted by Gasteiger charge is -2.62. The molecule has 2 N–H and O–H groups in total. The molecule has 1 aliphatic heterocycles. The van der Waals surface area contributed by atoms with Crippen molar-refractivity contribution in [3.05, 3.63) is 0 Å². The van der Waals surface area contributed by atoms with Crippen LogP contribution in [0.3, 0.4) is 0 Å². The standard InChI is InChI=1S/C31H52N2O5/c1-5-38-29(37)33-16-14-32(15-17-33)28(36)11-6-20(2)24-9-10-25-23-8-7-21-18-22(34)12-13-30(21,3)26(23)19-27(35)31(24,25)4/h20-27,34-35H,5-19H2,1-4H3/t20-,21-,22-,23+,24-,25+,26+,27+,30+,31-/m1/s1. The number of amides is 2. The van der Waals surface area contributed by atoms with Gasteiger partial charge in [0.15, 0.2) is 0 Å². The molecule has 4 aliphatic carbocycles. The van der Waals surface area contributed by atoms with Gasteiger partial charge >= 0.3 is 6.09 Å². The van der Waals surface area contributed by atoms with Crippen LogP contribution < -0.4 is 0 Å². The molecular weight excluding hydrogens is 480 g/mol. The van der Waals surface area contributed by atoms with E-state index in [1.807, 2.05) is 11.8 Å². The number of ether oxygens (including phenoxy) is 1. The summed E-state index contributed by atoms with van der Waals surface area (Å²) in [6, 6.07) is 0. The Labute approximate surface area is 229 Å². The largest absolute Gasteiger partial charge is 0.450 e. The fraction of sp³-hybridized carbons (Fsp3) is 0.935. The Morgan fingerprint density at radius 1 is 0.947 bits per heavy atom. The molecule has 1 heterocycles. The average molecular weight is 533 g/mol. The molecule has 0 radical (unpaired) electrons. The molecule has 5 rings (SSSR count). The van der Waals surface area contributed by atoms with Gasteiger partial charge < -0.3 is 24.7 Å². The van der Waals surface area contributed by atoms with Crippen molar-refractivity contribution in [1.29, 1.82) is 0 Å². The number of hydrogen-bond donors (Lipinski definition) is 2. The van der Waals surface area contributed by atoms with Gasteiger partial charge in [0.2, 0.25) is 5.91 Å². The lowest BCUT2D eigenvalue weighted by atomic mass is 9.43. The number of aliphatic hydroxyl groups excluding tert-OH is 2. The third-order valence-electron chi connectivity index (χ3n) is 12.5. The van der Waals surface area contributed by atoms with E-state index in [1.54, 1.807) is 4.90 Å². The Morgan fingerprint density at radius 2 is 1.66 bits per heavy atom. The molecule has 216 valence electrons. The lowest BCUT2D eigenvalue weighted by molar-refractivity contribution is -0.175. The maximum atomic E-state index is 13.1. The molecule has 7 heteroatoms. The number of nitrogens with zero attached hydrogens (tertiary/aromatic N) is 2. The van der Waals surface area contributed by atoms with Crippen molar-refractivity contribution in [2.75, 3.05) is 32.8 Å². The van der Waals surface area contributed by atoms with E-state index >= 15 is 0 Å². The van der Waals surface area contributed by atoms with E-state index in [0.29, 0.717) is 74.7 Å². The molecule has 5 fully saturated rings. The van der Waals surface area contributed by atoms with Crippen LogP contribution in [0.15, 0.2) is 0 Å². The predicted octanol–water partition coefficient (Wildman–Crippen LogP) is 4.69. The molecule has 0 unspecified atom stereocenters. The fourth-order valence-corrected chi connectivity index (χ4v) is 10.2. The molecule has 5 aliphatic rings. The zero-order valence-electron chi connectivity index (χ0n) is 24.2. The summed E-state index contributed by atoms with van der Waals surface area (Å²) in [6.07, 6.45) is 9.44. The molecule has 0 bridgehead atoms. The van der Waals surface area contributed by atoms with Crippen LogP contribution in [-0.4, -0.2) is 77.0 Å². The molecule has 4 saturated carbocycles. The summed E-state index contributed by atoms with van der Waals surface area (Å²) in [5.41, 5.74) is 0.199. The summed E-state index contributed by atoms with van der Waals surface area (Å²) in [5.74, 6) is 3.48. The number of fused-ring (bicyclic) bond motifs is 5. The van der Waals surface area contributed by atoms with E-state index in [0.717, 1.165) is 38.5 Å². The van der Waals surface area contributed by atoms with Crippen LogP contribution in [0.4, 0.5) is 4.79 Å². The van der Waals surface area contributed by atoms with Crippen LogP contribution >= 0.6 is 0 Å². The van der Waals surface area contributed by atoms with Crippen molar-refractivity contribution in [2.45, 2.75) is 104 Å². The zero-order chi connectivity index (χ0) is 27.2. The molecule has 0 aromatic heterocycles. The smallest absolute Gasteiger partial charge is 0.409 e. The Hall–Kier alpha value is -1.34. The second-order valence-electron chi connectivity index (χ2n) is 14.0. The highest BCUT2D eigenvalue weighted by molar-refractivity contribution is 5.76. The van der Waals surface area contributed by atoms with E-state index in [1.165, 1.54) is 19.3 Å². The Kier molecular flexibility index (Phi) is 8.10. The maximum Gasteiger partial charge on any atom is 0.409 e. The second-order valence-corrected chi connectivity index (χ2v) is 14.0. The van der Waals surface area contributed by atoms with E-state index < -0.39 is 0 Å². The van der Waals surface area contributed by atoms with Gasteiger partial charge in [-0.15, -0.1) is 0 Å². The summed E-state index contributed by atoms with van der Waals surface area (Å²) < 4.78 is 5.10. The van der Waals surface area contributed by atoms with Crippen molar-refractivity contribution < 1.29 is 24.5 Å². The van der Waals surface area contributed by atoms with Gasteiger partial charge in [-0.1, -0.05) is 20.8 Å². The van der Waals surface area contributed by atoms with Gasteiger partial charge in [0.05, 0.1) is 18.8 Å². The van der Waals surface area contributed by atoms with Gasteiger partial charge in [-0.3, -0.25) is 4.79 Å². The van der Waals surface area contributed by atoms with E-state index in [9.17, 15) is 19.8 Å². The van der Waals surface area contributed by atoms with Gasteiger partial charge in [0, 0.05) is 32.6 Å². The third-order valence-corrected chi connectivity index (χ3v) is 12.5. The fourth-order valence-electron chi connectivity index (χ4n) is 10.2. The molecule has 2 amide bonds. The first-order chi connectivity index (χ1) is 18.1. The minimum atomic E-state index is -0.283. The first-order valence-electron chi connectivity index (χ1n) is 15.6. The molecule has 10 atom stereocenters. The third kappa shape index (κ3) is 4.78. The highest BCUT2D eigenvalue weighted by Crippen LogP contribution is 2.68. The predicted molar refractivity (Wildman–Crippen MR) is 146 cm³/mol. The summed E-state index contributed by atoms with van der Waals surface area (Å²) in [7, 11) is 0. The summed E-state index contributed by atoms with van der Waals surface area (Å²) >= 11 is 0. The number of hydrogen-bond acceptors (Lipinski definition) is 5. The maximum absolute atomic E-state index is 13.1. The van der Waals surface area contributed by atoms with Gasteiger partial charge in [-0.25, -0.2) is 4.79 Å². The highest BCUT2D eigenvalue weighted by atomic mass is 16.6. The van der Waals surface area contributed by atoms with Crippen LogP contribution in [-0.2, 0) is 9.53 Å². The Morgan fingerprint density at radius 3 is 2.37 bits per heavy atom. The van der Waals surface area contributed by atoms with Crippen molar-refractivity contribution in [3.8, 4) is 0 Å². The molecule has 7 nitrogen and oxygen atoms in total. The number of rotatable bonds is 5. The average Bonchev–Trinajstić information content (AvgIpc) is 3.27. The topological polar surface area (TPSA) is 90.3 Å². The first-order valence-corrected chi connectivity index (χ1v) is 15.6. The quantitative estimate of drug-likeness (QED) is 0.536. The molecular formula is C31H52N2O5. The number of carbonyl (C=O) groups is 2. The lowest BCUT2D eigenvalue weighted by Crippen LogP contribution is -2.58. The van der Waals surface area contributed by atoms with E-state index in [2.05, 4.69) is 20.8 Å². The van der Waals surface area contributed by atoms with Crippen molar-refractivity contribution in [2.24, 2.45) is 46.3 Å². The SMILES string of the molecule is CCOC(=O)N1CCN(C(=O)CC[C@@H](C)[C@H]2CC[C@H]3[C@@H]4CC[C@@H]5C[C@H](O)CC[C@]5(C)[C@H]4C[C@H](O)[C@]23C)CC1. The van der Waals surface area contributed by atoms with Crippen molar-refractivity contribution in [3.63, 3.8) is 0 Å². The summed E-state index contributed by atoms with van der Waals surface area (Å²) in [4.78, 5) is 28.6. The number of carbonyl (C=O) groups excluding carboxylic acids is 2. The Bertz CT molecular complexity index is 874. The molecule has 38 heavy (non-hydrogen) atoms. The van der Waals surface area contributed by atoms with E-state index in [-0.39, 0.29) is 35.0 Å². The molecule has 0 aromatic rings. The van der Waals surface area contributed by atoms with Crippen LogP contribution in [0.25, 0.3) is 0 Å². The van der Waals surface area contributed by atoms with Crippen molar-refractivity contribution in [1.82, 2.24) is 9.80 Å². The normalized spacial score (nSPS) is 43.6. The van der Waals surface area contributed by atoms with E-state index in [4.69, 9.17) is 4.74 Å². The van der Waals surface area contributed by atoms with Crippen LogP contribution in [0.1, 0.15) is 91.9 Å². The van der Waals surface area contributed by atoms with Gasteiger partial charge in [-0.05, 0) is 111 Å². The molecule has 1 saturated heterocycles. The van der Waals surface area contributed by atoms with Gasteiger partial charge in [0.1, 0.15) is 0 Å². The summed E-state index contributed by atoms with van der Waals surface area (Å²) in [6.45, 7) is 11.6. The zero-order valence-corrected chi connectivity index (χ0v) is 24.2. The summed E-state index contributed by atoms with van der Waals surface area (Å²) in [5, 5.41) is 22.1. The van der Waals surface area contributed by atoms with Crippen LogP contribution in [0.5, 0.6) is 0 Å². The molecule has 0 aromatic carbocycles. The van der Waals surface area contributed by atoms with Gasteiger partial charge in [0.25, 0.3) is 0 Å². The minimum absolute atomic E-state index is 0.0632. The molecule has 0 spiro atoms. The number of aliphatic hydroxyl groups is 2. The second kappa shape index (κ2) is 10.9. The monoisotopic (exact) mass is 532 g/mol. The van der Waals surface area contributed by atoms with Crippen LogP contribution in [0.2, 0.25) is 0 Å².